The third kappa shape index (κ3) is 5.18. The van der Waals surface area contributed by atoms with Gasteiger partial charge in [-0.2, -0.15) is 18.4 Å². The van der Waals surface area contributed by atoms with Crippen molar-refractivity contribution in [1.82, 2.24) is 5.32 Å². The van der Waals surface area contributed by atoms with Gasteiger partial charge in [-0.15, -0.1) is 0 Å². The maximum atomic E-state index is 12.3. The maximum absolute atomic E-state index is 12.3. The highest BCUT2D eigenvalue weighted by Crippen LogP contribution is 2.24. The average molecular weight is 272 g/mol. The Bertz CT molecular complexity index is 423. The highest BCUT2D eigenvalue weighted by atomic mass is 19.4. The molecule has 0 saturated heterocycles. The van der Waals surface area contributed by atoms with Crippen LogP contribution in [0.3, 0.4) is 0 Å². The second-order valence-electron chi connectivity index (χ2n) is 4.03. The van der Waals surface area contributed by atoms with Gasteiger partial charge in [0.2, 0.25) is 0 Å². The molecule has 1 aromatic rings. The Morgan fingerprint density at radius 2 is 1.95 bits per heavy atom. The van der Waals surface area contributed by atoms with Crippen LogP contribution < -0.4 is 10.1 Å². The number of hydrogen-bond acceptors (Lipinski definition) is 3. The fourth-order valence-electron chi connectivity index (χ4n) is 1.51. The van der Waals surface area contributed by atoms with Crippen LogP contribution in [0.5, 0.6) is 5.75 Å². The number of methoxy groups -OCH3 is 1. The molecule has 0 fully saturated rings. The van der Waals surface area contributed by atoms with Crippen LogP contribution in [0.25, 0.3) is 0 Å². The zero-order valence-electron chi connectivity index (χ0n) is 10.5. The Hall–Kier alpha value is -1.74. The van der Waals surface area contributed by atoms with Crippen molar-refractivity contribution in [1.29, 1.82) is 5.26 Å². The minimum atomic E-state index is -4.47. The van der Waals surface area contributed by atoms with E-state index in [0.717, 1.165) is 11.3 Å². The smallest absolute Gasteiger partial charge is 0.405 e. The van der Waals surface area contributed by atoms with Crippen LogP contribution in [0.2, 0.25) is 0 Å². The quantitative estimate of drug-likeness (QED) is 0.809. The van der Waals surface area contributed by atoms with E-state index in [0.29, 0.717) is 13.0 Å². The van der Waals surface area contributed by atoms with Gasteiger partial charge in [0.15, 0.2) is 5.92 Å². The molecule has 19 heavy (non-hydrogen) atoms. The van der Waals surface area contributed by atoms with Crippen molar-refractivity contribution in [2.75, 3.05) is 20.2 Å². The Labute approximate surface area is 110 Å². The second kappa shape index (κ2) is 7.00. The number of nitrogens with one attached hydrogen (secondary N) is 1. The van der Waals surface area contributed by atoms with Crippen molar-refractivity contribution in [2.45, 2.75) is 12.6 Å². The molecule has 1 N–H and O–H groups in total. The highest BCUT2D eigenvalue weighted by molar-refractivity contribution is 5.27. The van der Waals surface area contributed by atoms with E-state index in [9.17, 15) is 13.2 Å². The van der Waals surface area contributed by atoms with Gasteiger partial charge in [-0.05, 0) is 30.7 Å². The van der Waals surface area contributed by atoms with Crippen molar-refractivity contribution in [3.63, 3.8) is 0 Å². The van der Waals surface area contributed by atoms with Crippen molar-refractivity contribution in [2.24, 2.45) is 5.92 Å². The summed E-state index contributed by atoms with van der Waals surface area (Å²) >= 11 is 0. The molecule has 6 heteroatoms. The fraction of sp³-hybridized carbons (Fsp3) is 0.462. The molecular weight excluding hydrogens is 257 g/mol. The molecule has 0 aliphatic rings. The van der Waals surface area contributed by atoms with E-state index in [1.165, 1.54) is 6.07 Å². The summed E-state index contributed by atoms with van der Waals surface area (Å²) in [4.78, 5) is 0. The highest BCUT2D eigenvalue weighted by Gasteiger charge is 2.39. The first-order valence-electron chi connectivity index (χ1n) is 5.77. The first-order chi connectivity index (χ1) is 8.97. The molecule has 104 valence electrons. The summed E-state index contributed by atoms with van der Waals surface area (Å²) < 4.78 is 41.8. The van der Waals surface area contributed by atoms with Crippen molar-refractivity contribution >= 4 is 0 Å². The lowest BCUT2D eigenvalue weighted by Crippen LogP contribution is -2.33. The summed E-state index contributed by atoms with van der Waals surface area (Å²) in [5, 5.41) is 11.1. The topological polar surface area (TPSA) is 45.0 Å². The molecule has 1 rings (SSSR count). The molecule has 0 radical (unpaired) electrons. The molecule has 0 saturated carbocycles. The van der Waals surface area contributed by atoms with Gasteiger partial charge in [0, 0.05) is 6.54 Å². The molecule has 0 bridgehead atoms. The van der Waals surface area contributed by atoms with Crippen molar-refractivity contribution < 1.29 is 17.9 Å². The lowest BCUT2D eigenvalue weighted by atomic mass is 10.1. The second-order valence-corrected chi connectivity index (χ2v) is 4.03. The average Bonchev–Trinajstić information content (AvgIpc) is 2.38. The lowest BCUT2D eigenvalue weighted by Gasteiger charge is -2.13. The number of rotatable bonds is 6. The van der Waals surface area contributed by atoms with Crippen LogP contribution in [0.4, 0.5) is 13.2 Å². The summed E-state index contributed by atoms with van der Waals surface area (Å²) in [6, 6.07) is 8.55. The minimum absolute atomic E-state index is 0.379. The normalized spacial score (nSPS) is 12.8. The molecule has 3 nitrogen and oxygen atoms in total. The summed E-state index contributed by atoms with van der Waals surface area (Å²) in [6.45, 7) is 0.0107. The zero-order valence-corrected chi connectivity index (χ0v) is 10.5. The molecular formula is C13H15F3N2O. The number of hydrogen-bond donors (Lipinski definition) is 1. The summed E-state index contributed by atoms with van der Waals surface area (Å²) in [5.74, 6) is -1.22. The molecule has 0 aliphatic carbocycles. The van der Waals surface area contributed by atoms with Gasteiger partial charge in [-0.25, -0.2) is 0 Å². The molecule has 0 spiro atoms. The minimum Gasteiger partial charge on any atom is -0.497 e. The van der Waals surface area contributed by atoms with Crippen LogP contribution in [-0.2, 0) is 6.42 Å². The van der Waals surface area contributed by atoms with E-state index in [1.54, 1.807) is 19.2 Å². The number of alkyl halides is 3. The summed E-state index contributed by atoms with van der Waals surface area (Å²) in [6.07, 6.45) is -3.87. The molecule has 0 aromatic heterocycles. The van der Waals surface area contributed by atoms with Gasteiger partial charge in [0.05, 0.1) is 13.2 Å². The van der Waals surface area contributed by atoms with Crippen LogP contribution in [0.15, 0.2) is 24.3 Å². The Morgan fingerprint density at radius 1 is 1.32 bits per heavy atom. The van der Waals surface area contributed by atoms with Crippen LogP contribution in [0.1, 0.15) is 5.56 Å². The number of halogens is 3. The van der Waals surface area contributed by atoms with Crippen LogP contribution in [0, 0.1) is 17.2 Å². The molecule has 0 heterocycles. The number of ether oxygens (including phenoxy) is 1. The number of nitriles is 1. The van der Waals surface area contributed by atoms with E-state index in [2.05, 4.69) is 5.32 Å². The van der Waals surface area contributed by atoms with Crippen LogP contribution in [-0.4, -0.2) is 26.4 Å². The predicted molar refractivity (Wildman–Crippen MR) is 64.7 cm³/mol. The van der Waals surface area contributed by atoms with E-state index >= 15 is 0 Å². The van der Waals surface area contributed by atoms with Gasteiger partial charge in [0.1, 0.15) is 5.75 Å². The third-order valence-electron chi connectivity index (χ3n) is 2.65. The SMILES string of the molecule is COc1ccc(CCNCC(C#N)C(F)(F)F)cc1. The molecule has 1 aromatic carbocycles. The van der Waals surface area contributed by atoms with E-state index in [-0.39, 0.29) is 6.54 Å². The van der Waals surface area contributed by atoms with E-state index in [1.807, 2.05) is 12.1 Å². The zero-order chi connectivity index (χ0) is 14.3. The van der Waals surface area contributed by atoms with Gasteiger partial charge in [-0.3, -0.25) is 0 Å². The molecule has 1 unspecified atom stereocenters. The fourth-order valence-corrected chi connectivity index (χ4v) is 1.51. The Morgan fingerprint density at radius 3 is 2.42 bits per heavy atom. The number of benzene rings is 1. The molecule has 1 atom stereocenters. The van der Waals surface area contributed by atoms with Crippen molar-refractivity contribution in [3.05, 3.63) is 29.8 Å². The molecule has 0 amide bonds. The Balaban J connectivity index is 2.32. The predicted octanol–water partition coefficient (Wildman–Crippen LogP) is 2.53. The monoisotopic (exact) mass is 272 g/mol. The molecule has 0 aliphatic heterocycles. The first kappa shape index (κ1) is 15.3. The standard InChI is InChI=1S/C13H15F3N2O/c1-19-12-4-2-10(3-5-12)6-7-18-9-11(8-17)13(14,15)16/h2-5,11,18H,6-7,9H2,1H3. The van der Waals surface area contributed by atoms with E-state index in [4.69, 9.17) is 10.00 Å². The Kier molecular flexibility index (Phi) is 5.64. The van der Waals surface area contributed by atoms with Crippen LogP contribution >= 0.6 is 0 Å². The van der Waals surface area contributed by atoms with Gasteiger partial charge in [-0.1, -0.05) is 12.1 Å². The summed E-state index contributed by atoms with van der Waals surface area (Å²) in [7, 11) is 1.57. The maximum Gasteiger partial charge on any atom is 0.405 e. The summed E-state index contributed by atoms with van der Waals surface area (Å²) in [5.41, 5.74) is 0.994. The van der Waals surface area contributed by atoms with Gasteiger partial charge < -0.3 is 10.1 Å². The number of nitrogens with zero attached hydrogens (tertiary/aromatic N) is 1. The largest absolute Gasteiger partial charge is 0.497 e. The van der Waals surface area contributed by atoms with Gasteiger partial charge in [0.25, 0.3) is 0 Å². The lowest BCUT2D eigenvalue weighted by molar-refractivity contribution is -0.157. The first-order valence-corrected chi connectivity index (χ1v) is 5.77. The third-order valence-corrected chi connectivity index (χ3v) is 2.65. The van der Waals surface area contributed by atoms with Gasteiger partial charge >= 0.3 is 6.18 Å². The van der Waals surface area contributed by atoms with Crippen molar-refractivity contribution in [3.8, 4) is 11.8 Å². The van der Waals surface area contributed by atoms with E-state index < -0.39 is 12.1 Å².